The summed E-state index contributed by atoms with van der Waals surface area (Å²) in [4.78, 5) is 0. The summed E-state index contributed by atoms with van der Waals surface area (Å²) in [5.41, 5.74) is 0.697. The Morgan fingerprint density at radius 2 is 2.22 bits per heavy atom. The fourth-order valence-corrected chi connectivity index (χ4v) is 2.34. The molecule has 1 aromatic carbocycles. The van der Waals surface area contributed by atoms with Gasteiger partial charge in [-0.3, -0.25) is 5.10 Å². The Bertz CT molecular complexity index is 532. The third-order valence-electron chi connectivity index (χ3n) is 3.34. The predicted molar refractivity (Wildman–Crippen MR) is 67.2 cm³/mol. The van der Waals surface area contributed by atoms with E-state index in [2.05, 4.69) is 15.5 Å². The zero-order chi connectivity index (χ0) is 12.4. The average Bonchev–Trinajstić information content (AvgIpc) is 2.71. The number of aromatic amines is 1. The van der Waals surface area contributed by atoms with E-state index in [1.165, 1.54) is 6.20 Å². The van der Waals surface area contributed by atoms with Crippen LogP contribution in [0.25, 0.3) is 10.9 Å². The molecule has 1 aromatic heterocycles. The molecule has 4 nitrogen and oxygen atoms in total. The molecular weight excluding hydrogens is 233 g/mol. The Morgan fingerprint density at radius 1 is 1.28 bits per heavy atom. The molecule has 0 amide bonds. The molecule has 18 heavy (non-hydrogen) atoms. The molecule has 2 aromatic rings. The Morgan fingerprint density at radius 3 is 3.17 bits per heavy atom. The highest BCUT2D eigenvalue weighted by Crippen LogP contribution is 2.27. The Balaban J connectivity index is 1.82. The van der Waals surface area contributed by atoms with Gasteiger partial charge in [-0.2, -0.15) is 5.10 Å². The van der Waals surface area contributed by atoms with Gasteiger partial charge in [0.2, 0.25) is 0 Å². The number of rotatable bonds is 2. The number of ether oxygens (including phenoxy) is 1. The summed E-state index contributed by atoms with van der Waals surface area (Å²) in [5, 5.41) is 10.4. The molecule has 1 aliphatic heterocycles. The molecule has 2 N–H and O–H groups in total. The topological polar surface area (TPSA) is 49.9 Å². The van der Waals surface area contributed by atoms with Gasteiger partial charge in [-0.25, -0.2) is 4.39 Å². The van der Waals surface area contributed by atoms with Gasteiger partial charge in [0.1, 0.15) is 6.10 Å². The molecular formula is C13H16FN3O. The number of nitrogens with zero attached hydrogens (tertiary/aromatic N) is 1. The molecule has 1 aliphatic rings. The summed E-state index contributed by atoms with van der Waals surface area (Å²) >= 11 is 0. The molecule has 3 rings (SSSR count). The zero-order valence-corrected chi connectivity index (χ0v) is 10.1. The fraction of sp³-hybridized carbons (Fsp3) is 0.462. The van der Waals surface area contributed by atoms with Crippen molar-refractivity contribution in [2.45, 2.75) is 25.4 Å². The van der Waals surface area contributed by atoms with Crippen molar-refractivity contribution < 1.29 is 9.13 Å². The number of halogens is 1. The minimum atomic E-state index is -0.321. The monoisotopic (exact) mass is 249 g/mol. The number of benzene rings is 1. The van der Waals surface area contributed by atoms with Gasteiger partial charge in [-0.1, -0.05) is 0 Å². The van der Waals surface area contributed by atoms with Crippen LogP contribution >= 0.6 is 0 Å². The Labute approximate surface area is 105 Å². The zero-order valence-electron chi connectivity index (χ0n) is 10.1. The number of fused-ring (bicyclic) bond motifs is 1. The molecule has 0 spiro atoms. The number of nitrogens with one attached hydrogen (secondary N) is 2. The van der Waals surface area contributed by atoms with Gasteiger partial charge < -0.3 is 10.1 Å². The maximum atomic E-state index is 14.2. The van der Waals surface area contributed by atoms with E-state index in [1.54, 1.807) is 12.1 Å². The SMILES string of the molecule is Fc1c(OC2CCCNCC2)ccc2[nH]ncc12. The highest BCUT2D eigenvalue weighted by atomic mass is 19.1. The van der Waals surface area contributed by atoms with E-state index in [1.807, 2.05) is 0 Å². The maximum absolute atomic E-state index is 14.2. The highest BCUT2D eigenvalue weighted by Gasteiger charge is 2.17. The minimum absolute atomic E-state index is 0.0962. The van der Waals surface area contributed by atoms with Crippen molar-refractivity contribution in [1.29, 1.82) is 0 Å². The molecule has 0 aliphatic carbocycles. The van der Waals surface area contributed by atoms with E-state index in [0.717, 1.165) is 32.4 Å². The number of hydrogen-bond donors (Lipinski definition) is 2. The van der Waals surface area contributed by atoms with Gasteiger partial charge in [0, 0.05) is 0 Å². The summed E-state index contributed by atoms with van der Waals surface area (Å²) in [6, 6.07) is 3.48. The molecule has 0 saturated carbocycles. The number of H-pyrrole nitrogens is 1. The molecule has 0 radical (unpaired) electrons. The van der Waals surface area contributed by atoms with Crippen molar-refractivity contribution in [3.8, 4) is 5.75 Å². The molecule has 5 heteroatoms. The first-order valence-electron chi connectivity index (χ1n) is 6.33. The summed E-state index contributed by atoms with van der Waals surface area (Å²) in [6.45, 7) is 1.95. The first-order chi connectivity index (χ1) is 8.84. The quantitative estimate of drug-likeness (QED) is 0.858. The van der Waals surface area contributed by atoms with E-state index in [4.69, 9.17) is 4.74 Å². The maximum Gasteiger partial charge on any atom is 0.176 e. The fourth-order valence-electron chi connectivity index (χ4n) is 2.34. The van der Waals surface area contributed by atoms with Crippen LogP contribution in [0.5, 0.6) is 5.75 Å². The average molecular weight is 249 g/mol. The van der Waals surface area contributed by atoms with Crippen molar-refractivity contribution in [2.75, 3.05) is 13.1 Å². The van der Waals surface area contributed by atoms with Crippen LogP contribution in [-0.4, -0.2) is 29.4 Å². The van der Waals surface area contributed by atoms with Gasteiger partial charge in [-0.15, -0.1) is 0 Å². The second kappa shape index (κ2) is 4.94. The van der Waals surface area contributed by atoms with Gasteiger partial charge in [-0.05, 0) is 44.5 Å². The van der Waals surface area contributed by atoms with Crippen LogP contribution in [0, 0.1) is 5.82 Å². The van der Waals surface area contributed by atoms with Gasteiger partial charge in [0.05, 0.1) is 17.1 Å². The smallest absolute Gasteiger partial charge is 0.176 e. The lowest BCUT2D eigenvalue weighted by atomic mass is 10.1. The van der Waals surface area contributed by atoms with Gasteiger partial charge >= 0.3 is 0 Å². The van der Waals surface area contributed by atoms with E-state index < -0.39 is 0 Å². The van der Waals surface area contributed by atoms with E-state index >= 15 is 0 Å². The lowest BCUT2D eigenvalue weighted by Gasteiger charge is -2.17. The summed E-state index contributed by atoms with van der Waals surface area (Å²) in [6.07, 6.45) is 4.55. The molecule has 2 heterocycles. The van der Waals surface area contributed by atoms with Crippen LogP contribution < -0.4 is 10.1 Å². The van der Waals surface area contributed by atoms with Crippen LogP contribution in [0.2, 0.25) is 0 Å². The van der Waals surface area contributed by atoms with Gasteiger partial charge in [0.15, 0.2) is 11.6 Å². The lowest BCUT2D eigenvalue weighted by molar-refractivity contribution is 0.180. The van der Waals surface area contributed by atoms with Crippen LogP contribution in [0.1, 0.15) is 19.3 Å². The standard InChI is InChI=1S/C13H16FN3O/c14-13-10-8-16-17-11(10)3-4-12(13)18-9-2-1-6-15-7-5-9/h3-4,8-9,15H,1-2,5-7H2,(H,16,17). The highest BCUT2D eigenvalue weighted by molar-refractivity contribution is 5.80. The van der Waals surface area contributed by atoms with Crippen LogP contribution in [-0.2, 0) is 0 Å². The Hall–Kier alpha value is -1.62. The van der Waals surface area contributed by atoms with E-state index in [9.17, 15) is 4.39 Å². The van der Waals surface area contributed by atoms with Crippen molar-refractivity contribution in [2.24, 2.45) is 0 Å². The summed E-state index contributed by atoms with van der Waals surface area (Å²) in [5.74, 6) is 0.00857. The van der Waals surface area contributed by atoms with Crippen molar-refractivity contribution in [1.82, 2.24) is 15.5 Å². The second-order valence-corrected chi connectivity index (χ2v) is 4.63. The van der Waals surface area contributed by atoms with E-state index in [-0.39, 0.29) is 11.9 Å². The molecule has 1 unspecified atom stereocenters. The molecule has 1 atom stereocenters. The van der Waals surface area contributed by atoms with Crippen molar-refractivity contribution in [3.05, 3.63) is 24.1 Å². The first-order valence-corrected chi connectivity index (χ1v) is 6.33. The van der Waals surface area contributed by atoms with Crippen LogP contribution in [0.4, 0.5) is 4.39 Å². The Kier molecular flexibility index (Phi) is 3.15. The van der Waals surface area contributed by atoms with E-state index in [0.29, 0.717) is 16.7 Å². The number of hydrogen-bond acceptors (Lipinski definition) is 3. The molecule has 1 fully saturated rings. The third-order valence-corrected chi connectivity index (χ3v) is 3.34. The minimum Gasteiger partial charge on any atom is -0.487 e. The molecule has 0 bridgehead atoms. The number of aromatic nitrogens is 2. The normalized spacial score (nSPS) is 20.8. The largest absolute Gasteiger partial charge is 0.487 e. The lowest BCUT2D eigenvalue weighted by Crippen LogP contribution is -2.19. The molecule has 96 valence electrons. The second-order valence-electron chi connectivity index (χ2n) is 4.63. The van der Waals surface area contributed by atoms with Crippen LogP contribution in [0.15, 0.2) is 18.3 Å². The first kappa shape index (κ1) is 11.5. The molecule has 1 saturated heterocycles. The predicted octanol–water partition coefficient (Wildman–Crippen LogP) is 2.22. The van der Waals surface area contributed by atoms with Crippen molar-refractivity contribution >= 4 is 10.9 Å². The summed E-state index contributed by atoms with van der Waals surface area (Å²) in [7, 11) is 0. The summed E-state index contributed by atoms with van der Waals surface area (Å²) < 4.78 is 19.9. The van der Waals surface area contributed by atoms with Crippen LogP contribution in [0.3, 0.4) is 0 Å². The third kappa shape index (κ3) is 2.18. The van der Waals surface area contributed by atoms with Gasteiger partial charge in [0.25, 0.3) is 0 Å². The van der Waals surface area contributed by atoms with Crippen molar-refractivity contribution in [3.63, 3.8) is 0 Å².